The van der Waals surface area contributed by atoms with E-state index < -0.39 is 33.6 Å². The summed E-state index contributed by atoms with van der Waals surface area (Å²) in [7, 11) is -3.81. The molecule has 208 valence electrons. The molecule has 12 heteroatoms. The van der Waals surface area contributed by atoms with Crippen LogP contribution in [0.5, 0.6) is 0 Å². The number of aromatic nitrogens is 1. The van der Waals surface area contributed by atoms with Gasteiger partial charge < -0.3 is 5.32 Å². The molecule has 7 nitrogen and oxygen atoms in total. The first-order valence-corrected chi connectivity index (χ1v) is 14.7. The van der Waals surface area contributed by atoms with Crippen LogP contribution in [0.2, 0.25) is 0 Å². The van der Waals surface area contributed by atoms with E-state index in [-0.39, 0.29) is 22.6 Å². The normalized spacial score (nSPS) is 11.7. The first kappa shape index (κ1) is 29.0. The summed E-state index contributed by atoms with van der Waals surface area (Å²) in [5, 5.41) is 4.97. The van der Waals surface area contributed by atoms with Gasteiger partial charge in [0.2, 0.25) is 10.0 Å². The van der Waals surface area contributed by atoms with Gasteiger partial charge in [0.25, 0.3) is 11.8 Å². The summed E-state index contributed by atoms with van der Waals surface area (Å²) in [5.74, 6) is -1.53. The van der Waals surface area contributed by atoms with Gasteiger partial charge in [-0.2, -0.15) is 13.2 Å². The average Bonchev–Trinajstić information content (AvgIpc) is 3.42. The number of nitrogens with one attached hydrogen (secondary N) is 2. The molecular weight excluding hydrogens is 563 g/mol. The fraction of sp³-hybridized carbons (Fsp3) is 0.179. The van der Waals surface area contributed by atoms with E-state index in [1.807, 2.05) is 11.6 Å². The van der Waals surface area contributed by atoms with Gasteiger partial charge in [0.15, 0.2) is 0 Å². The molecule has 0 bridgehead atoms. The van der Waals surface area contributed by atoms with Gasteiger partial charge in [-0.25, -0.2) is 18.1 Å². The molecule has 0 saturated carbocycles. The van der Waals surface area contributed by atoms with Crippen molar-refractivity contribution >= 4 is 38.9 Å². The number of thiazole rings is 1. The van der Waals surface area contributed by atoms with Crippen LogP contribution in [0.25, 0.3) is 21.8 Å². The lowest BCUT2D eigenvalue weighted by atomic mass is 10.1. The molecule has 0 unspecified atom stereocenters. The average molecular weight is 588 g/mol. The zero-order valence-corrected chi connectivity index (χ0v) is 22.8. The molecule has 0 fully saturated rings. The third-order valence-electron chi connectivity index (χ3n) is 5.84. The standard InChI is InChI=1S/C28H24F3N3O4S2/c1-2-3-16-40(37,38)34-26(36)22-6-4-5-7-23(22)32-25(35)19-10-8-18(9-11-19)24-17-39-27(33-24)20-12-14-21(15-13-20)28(29,30)31/h4-15,17H,2-3,16H2,1H3,(H,32,35)(H,34,36). The smallest absolute Gasteiger partial charge is 0.321 e. The van der Waals surface area contributed by atoms with Gasteiger partial charge in [0, 0.05) is 22.1 Å². The Kier molecular flexibility index (Phi) is 8.70. The summed E-state index contributed by atoms with van der Waals surface area (Å²) in [6.45, 7) is 1.84. The Hall–Kier alpha value is -4.03. The van der Waals surface area contributed by atoms with E-state index in [4.69, 9.17) is 0 Å². The van der Waals surface area contributed by atoms with E-state index in [0.29, 0.717) is 34.7 Å². The number of carbonyl (C=O) groups is 2. The van der Waals surface area contributed by atoms with Gasteiger partial charge in [-0.3, -0.25) is 9.59 Å². The van der Waals surface area contributed by atoms with Gasteiger partial charge >= 0.3 is 6.18 Å². The van der Waals surface area contributed by atoms with Gasteiger partial charge in [-0.05, 0) is 42.8 Å². The van der Waals surface area contributed by atoms with Crippen LogP contribution in [-0.2, 0) is 16.2 Å². The number of nitrogens with zero attached hydrogens (tertiary/aromatic N) is 1. The van der Waals surface area contributed by atoms with Crippen molar-refractivity contribution in [2.75, 3.05) is 11.1 Å². The molecule has 1 aromatic heterocycles. The number of amides is 2. The predicted molar refractivity (Wildman–Crippen MR) is 149 cm³/mol. The second kappa shape index (κ2) is 12.0. The summed E-state index contributed by atoms with van der Waals surface area (Å²) in [4.78, 5) is 30.0. The van der Waals surface area contributed by atoms with Crippen molar-refractivity contribution in [3.05, 3.63) is 94.9 Å². The lowest BCUT2D eigenvalue weighted by Crippen LogP contribution is -2.33. The van der Waals surface area contributed by atoms with Crippen LogP contribution in [-0.4, -0.2) is 31.0 Å². The number of anilines is 1. The van der Waals surface area contributed by atoms with Gasteiger partial charge in [0.05, 0.1) is 28.3 Å². The third-order valence-corrected chi connectivity index (χ3v) is 8.05. The van der Waals surface area contributed by atoms with Crippen molar-refractivity contribution in [2.24, 2.45) is 0 Å². The SMILES string of the molecule is CCCCS(=O)(=O)NC(=O)c1ccccc1NC(=O)c1ccc(-c2csc(-c3ccc(C(F)(F)F)cc3)n2)cc1. The van der Waals surface area contributed by atoms with Crippen molar-refractivity contribution < 1.29 is 31.2 Å². The number of hydrogen-bond acceptors (Lipinski definition) is 6. The highest BCUT2D eigenvalue weighted by atomic mass is 32.2. The van der Waals surface area contributed by atoms with E-state index in [0.717, 1.165) is 12.1 Å². The third kappa shape index (κ3) is 7.13. The number of halogens is 3. The minimum Gasteiger partial charge on any atom is -0.321 e. The summed E-state index contributed by atoms with van der Waals surface area (Å²) < 4.78 is 64.8. The van der Waals surface area contributed by atoms with E-state index in [1.54, 1.807) is 41.8 Å². The van der Waals surface area contributed by atoms with Gasteiger partial charge in [-0.1, -0.05) is 49.7 Å². The number of rotatable bonds is 9. The molecule has 4 aromatic rings. The summed E-state index contributed by atoms with van der Waals surface area (Å²) >= 11 is 1.28. The zero-order chi connectivity index (χ0) is 28.9. The molecule has 0 aliphatic heterocycles. The van der Waals surface area contributed by atoms with Crippen molar-refractivity contribution in [3.63, 3.8) is 0 Å². The molecule has 3 aromatic carbocycles. The molecule has 2 N–H and O–H groups in total. The Bertz CT molecular complexity index is 1620. The van der Waals surface area contributed by atoms with Crippen LogP contribution in [0.4, 0.5) is 18.9 Å². The maximum atomic E-state index is 12.9. The number of carbonyl (C=O) groups excluding carboxylic acids is 2. The zero-order valence-electron chi connectivity index (χ0n) is 21.2. The number of hydrogen-bond donors (Lipinski definition) is 2. The second-order valence-corrected chi connectivity index (χ2v) is 11.5. The molecule has 0 aliphatic carbocycles. The molecule has 0 radical (unpaired) electrons. The predicted octanol–water partition coefficient (Wildman–Crippen LogP) is 6.61. The van der Waals surface area contributed by atoms with E-state index in [2.05, 4.69) is 10.3 Å². The molecule has 40 heavy (non-hydrogen) atoms. The minimum atomic E-state index is -4.41. The fourth-order valence-electron chi connectivity index (χ4n) is 3.70. The second-order valence-electron chi connectivity index (χ2n) is 8.79. The Labute approximate surface area is 233 Å². The molecule has 0 spiro atoms. The maximum absolute atomic E-state index is 12.9. The Morgan fingerprint density at radius 1 is 0.900 bits per heavy atom. The Balaban J connectivity index is 1.45. The van der Waals surface area contributed by atoms with Crippen LogP contribution in [0.3, 0.4) is 0 Å². The maximum Gasteiger partial charge on any atom is 0.416 e. The van der Waals surface area contributed by atoms with Crippen molar-refractivity contribution in [1.29, 1.82) is 0 Å². The van der Waals surface area contributed by atoms with Crippen LogP contribution in [0.1, 0.15) is 46.0 Å². The van der Waals surface area contributed by atoms with Crippen LogP contribution in [0, 0.1) is 0 Å². The summed E-state index contributed by atoms with van der Waals surface area (Å²) in [5.41, 5.74) is 1.56. The summed E-state index contributed by atoms with van der Waals surface area (Å²) in [6.07, 6.45) is -3.35. The first-order chi connectivity index (χ1) is 19.0. The lowest BCUT2D eigenvalue weighted by molar-refractivity contribution is -0.137. The number of alkyl halides is 3. The number of benzene rings is 3. The monoisotopic (exact) mass is 587 g/mol. The van der Waals surface area contributed by atoms with Crippen LogP contribution >= 0.6 is 11.3 Å². The van der Waals surface area contributed by atoms with Gasteiger partial charge in [0.1, 0.15) is 5.01 Å². The van der Waals surface area contributed by atoms with Gasteiger partial charge in [-0.15, -0.1) is 11.3 Å². The quantitative estimate of drug-likeness (QED) is 0.229. The highest BCUT2D eigenvalue weighted by Gasteiger charge is 2.30. The largest absolute Gasteiger partial charge is 0.416 e. The minimum absolute atomic E-state index is 0.00538. The first-order valence-electron chi connectivity index (χ1n) is 12.2. The molecule has 2 amide bonds. The van der Waals surface area contributed by atoms with E-state index in [1.165, 1.54) is 35.6 Å². The van der Waals surface area contributed by atoms with Crippen LogP contribution < -0.4 is 10.0 Å². The molecule has 4 rings (SSSR count). The van der Waals surface area contributed by atoms with E-state index in [9.17, 15) is 31.2 Å². The number of sulfonamides is 1. The molecule has 1 heterocycles. The Morgan fingerprint density at radius 2 is 1.55 bits per heavy atom. The molecular formula is C28H24F3N3O4S2. The van der Waals surface area contributed by atoms with Crippen molar-refractivity contribution in [3.8, 4) is 21.8 Å². The van der Waals surface area contributed by atoms with Crippen molar-refractivity contribution in [2.45, 2.75) is 25.9 Å². The molecule has 0 atom stereocenters. The highest BCUT2D eigenvalue weighted by molar-refractivity contribution is 7.90. The lowest BCUT2D eigenvalue weighted by Gasteiger charge is -2.12. The molecule has 0 saturated heterocycles. The Morgan fingerprint density at radius 3 is 2.20 bits per heavy atom. The topological polar surface area (TPSA) is 105 Å². The van der Waals surface area contributed by atoms with E-state index >= 15 is 0 Å². The fourth-order valence-corrected chi connectivity index (χ4v) is 5.70. The van der Waals surface area contributed by atoms with Crippen molar-refractivity contribution in [1.82, 2.24) is 9.71 Å². The number of unbranched alkanes of at least 4 members (excludes halogenated alkanes) is 1. The molecule has 0 aliphatic rings. The number of para-hydroxylation sites is 1. The highest BCUT2D eigenvalue weighted by Crippen LogP contribution is 2.33. The summed E-state index contributed by atoms with van der Waals surface area (Å²) in [6, 6.07) is 17.3. The van der Waals surface area contributed by atoms with Crippen LogP contribution in [0.15, 0.2) is 78.2 Å².